The molecule has 0 saturated carbocycles. The van der Waals surface area contributed by atoms with E-state index in [9.17, 15) is 14.4 Å². The van der Waals surface area contributed by atoms with Crippen LogP contribution in [0, 0.1) is 0 Å². The lowest BCUT2D eigenvalue weighted by Crippen LogP contribution is -2.30. The minimum absolute atomic E-state index is 0.0621. The van der Waals surface area contributed by atoms with E-state index < -0.39 is 6.10 Å². The Morgan fingerprint density at radius 3 is 0.714 bits per heavy atom. The van der Waals surface area contributed by atoms with E-state index in [1.54, 1.807) is 0 Å². The normalized spacial score (nSPS) is 11.8. The van der Waals surface area contributed by atoms with Gasteiger partial charge in [-0.3, -0.25) is 14.4 Å². The molecule has 0 aromatic carbocycles. The fraction of sp³-hybridized carbons (Fsp3) is 0.940. The zero-order valence-electron chi connectivity index (χ0n) is 37.9. The molecule has 6 heteroatoms. The first-order chi connectivity index (χ1) is 27.5. The van der Waals surface area contributed by atoms with Crippen molar-refractivity contribution in [2.24, 2.45) is 0 Å². The summed E-state index contributed by atoms with van der Waals surface area (Å²) in [7, 11) is 0. The maximum absolute atomic E-state index is 12.8. The van der Waals surface area contributed by atoms with Gasteiger partial charge in [0, 0.05) is 19.3 Å². The number of carbonyl (C=O) groups excluding carboxylic acids is 3. The van der Waals surface area contributed by atoms with Crippen LogP contribution >= 0.6 is 0 Å². The van der Waals surface area contributed by atoms with Crippen LogP contribution in [0.15, 0.2) is 0 Å². The van der Waals surface area contributed by atoms with Gasteiger partial charge < -0.3 is 14.2 Å². The summed E-state index contributed by atoms with van der Waals surface area (Å²) in [5.41, 5.74) is 0. The number of hydrogen-bond donors (Lipinski definition) is 0. The van der Waals surface area contributed by atoms with Gasteiger partial charge in [-0.25, -0.2) is 0 Å². The van der Waals surface area contributed by atoms with Crippen molar-refractivity contribution < 1.29 is 28.6 Å². The minimum atomic E-state index is -0.758. The van der Waals surface area contributed by atoms with Crippen LogP contribution in [0.5, 0.6) is 0 Å². The quantitative estimate of drug-likeness (QED) is 0.0347. The average molecular weight is 793 g/mol. The first kappa shape index (κ1) is 54.4. The Hall–Kier alpha value is -1.59. The number of rotatable bonds is 46. The minimum Gasteiger partial charge on any atom is -0.462 e. The van der Waals surface area contributed by atoms with Crippen LogP contribution < -0.4 is 0 Å². The van der Waals surface area contributed by atoms with Gasteiger partial charge in [-0.1, -0.05) is 245 Å². The number of esters is 3. The molecule has 0 rings (SSSR count). The molecule has 0 aliphatic carbocycles. The van der Waals surface area contributed by atoms with Gasteiger partial charge in [-0.15, -0.1) is 0 Å². The molecule has 1 atom stereocenters. The largest absolute Gasteiger partial charge is 0.462 e. The molecule has 0 unspecified atom stereocenters. The average Bonchev–Trinajstić information content (AvgIpc) is 3.19. The molecule has 0 bridgehead atoms. The summed E-state index contributed by atoms with van der Waals surface area (Å²) >= 11 is 0. The van der Waals surface area contributed by atoms with E-state index in [2.05, 4.69) is 20.8 Å². The second-order valence-corrected chi connectivity index (χ2v) is 17.1. The molecule has 0 aliphatic rings. The second kappa shape index (κ2) is 46.1. The van der Waals surface area contributed by atoms with Crippen LogP contribution in [0.25, 0.3) is 0 Å². The lowest BCUT2D eigenvalue weighted by molar-refractivity contribution is -0.167. The molecule has 0 radical (unpaired) electrons. The van der Waals surface area contributed by atoms with E-state index in [4.69, 9.17) is 14.2 Å². The lowest BCUT2D eigenvalue weighted by atomic mass is 10.0. The van der Waals surface area contributed by atoms with Gasteiger partial charge in [0.15, 0.2) is 6.10 Å². The number of ether oxygens (including phenoxy) is 3. The molecule has 0 aromatic rings. The number of carbonyl (C=O) groups is 3. The maximum Gasteiger partial charge on any atom is 0.306 e. The monoisotopic (exact) mass is 793 g/mol. The Bertz CT molecular complexity index is 828. The van der Waals surface area contributed by atoms with Crippen LogP contribution in [-0.2, 0) is 28.6 Å². The van der Waals surface area contributed by atoms with Gasteiger partial charge in [0.25, 0.3) is 0 Å². The Kier molecular flexibility index (Phi) is 44.8. The molecule has 0 aromatic heterocycles. The molecular formula is C50H96O6. The Balaban J connectivity index is 4.29. The van der Waals surface area contributed by atoms with Crippen molar-refractivity contribution in [2.75, 3.05) is 13.2 Å². The molecule has 0 spiro atoms. The Morgan fingerprint density at radius 1 is 0.286 bits per heavy atom. The van der Waals surface area contributed by atoms with E-state index in [1.165, 1.54) is 186 Å². The molecule has 0 heterocycles. The molecule has 0 saturated heterocycles. The third-order valence-electron chi connectivity index (χ3n) is 11.4. The van der Waals surface area contributed by atoms with Gasteiger partial charge >= 0.3 is 17.9 Å². The SMILES string of the molecule is CCCCCCCCCCCCCCCCCC(=O)O[C@@H](COC(=O)CCCCCCCCCCCC)COC(=O)CCCCCCCCCCCCCCC. The summed E-state index contributed by atoms with van der Waals surface area (Å²) in [6, 6.07) is 0. The molecular weight excluding hydrogens is 697 g/mol. The Morgan fingerprint density at radius 2 is 0.482 bits per heavy atom. The second-order valence-electron chi connectivity index (χ2n) is 17.1. The van der Waals surface area contributed by atoms with Gasteiger partial charge in [-0.2, -0.15) is 0 Å². The third-order valence-corrected chi connectivity index (χ3v) is 11.4. The van der Waals surface area contributed by atoms with Crippen molar-refractivity contribution in [3.05, 3.63) is 0 Å². The predicted octanol–water partition coefficient (Wildman–Crippen LogP) is 16.0. The highest BCUT2D eigenvalue weighted by molar-refractivity contribution is 5.71. The fourth-order valence-electron chi connectivity index (χ4n) is 7.56. The van der Waals surface area contributed by atoms with E-state index >= 15 is 0 Å². The molecule has 0 N–H and O–H groups in total. The van der Waals surface area contributed by atoms with Gasteiger partial charge in [0.1, 0.15) is 13.2 Å². The van der Waals surface area contributed by atoms with Crippen molar-refractivity contribution >= 4 is 17.9 Å². The predicted molar refractivity (Wildman–Crippen MR) is 238 cm³/mol. The molecule has 56 heavy (non-hydrogen) atoms. The van der Waals surface area contributed by atoms with Crippen LogP contribution in [0.1, 0.15) is 284 Å². The van der Waals surface area contributed by atoms with Crippen molar-refractivity contribution in [3.63, 3.8) is 0 Å². The van der Waals surface area contributed by atoms with Crippen molar-refractivity contribution in [1.82, 2.24) is 0 Å². The van der Waals surface area contributed by atoms with Crippen molar-refractivity contribution in [1.29, 1.82) is 0 Å². The van der Waals surface area contributed by atoms with Crippen molar-refractivity contribution in [3.8, 4) is 0 Å². The summed E-state index contributed by atoms with van der Waals surface area (Å²) in [5.74, 6) is -0.845. The first-order valence-corrected chi connectivity index (χ1v) is 25.0. The van der Waals surface area contributed by atoms with Gasteiger partial charge in [0.2, 0.25) is 0 Å². The fourth-order valence-corrected chi connectivity index (χ4v) is 7.56. The van der Waals surface area contributed by atoms with Crippen LogP contribution in [0.3, 0.4) is 0 Å². The molecule has 0 aliphatic heterocycles. The smallest absolute Gasteiger partial charge is 0.306 e. The summed E-state index contributed by atoms with van der Waals surface area (Å²) < 4.78 is 16.8. The standard InChI is InChI=1S/C50H96O6/c1-4-7-10-13-16-19-22-24-25-27-29-32-35-38-41-44-50(53)56-47(45-54-48(51)42-39-36-33-30-21-18-15-12-9-6-3)46-55-49(52)43-40-37-34-31-28-26-23-20-17-14-11-8-5-2/h47H,4-46H2,1-3H3/t47-/m0/s1. The lowest BCUT2D eigenvalue weighted by Gasteiger charge is -2.18. The van der Waals surface area contributed by atoms with Crippen molar-refractivity contribution in [2.45, 2.75) is 290 Å². The topological polar surface area (TPSA) is 78.9 Å². The molecule has 0 fully saturated rings. The highest BCUT2D eigenvalue weighted by atomic mass is 16.6. The van der Waals surface area contributed by atoms with E-state index in [1.807, 2.05) is 0 Å². The zero-order chi connectivity index (χ0) is 40.8. The molecule has 332 valence electrons. The summed E-state index contributed by atoms with van der Waals surface area (Å²) in [6.45, 7) is 6.66. The van der Waals surface area contributed by atoms with Crippen LogP contribution in [0.2, 0.25) is 0 Å². The first-order valence-electron chi connectivity index (χ1n) is 25.0. The highest BCUT2D eigenvalue weighted by Crippen LogP contribution is 2.16. The van der Waals surface area contributed by atoms with Crippen LogP contribution in [-0.4, -0.2) is 37.2 Å². The van der Waals surface area contributed by atoms with Gasteiger partial charge in [0.05, 0.1) is 0 Å². The van der Waals surface area contributed by atoms with E-state index in [0.29, 0.717) is 19.3 Å². The van der Waals surface area contributed by atoms with E-state index in [-0.39, 0.29) is 31.1 Å². The summed E-state index contributed by atoms with van der Waals surface area (Å²) in [4.78, 5) is 37.8. The summed E-state index contributed by atoms with van der Waals surface area (Å²) in [5, 5.41) is 0. The zero-order valence-corrected chi connectivity index (χ0v) is 37.9. The van der Waals surface area contributed by atoms with E-state index in [0.717, 1.165) is 57.8 Å². The van der Waals surface area contributed by atoms with Gasteiger partial charge in [-0.05, 0) is 19.3 Å². The maximum atomic E-state index is 12.8. The number of unbranched alkanes of at least 4 members (excludes halogenated alkanes) is 35. The highest BCUT2D eigenvalue weighted by Gasteiger charge is 2.19. The summed E-state index contributed by atoms with van der Waals surface area (Å²) in [6.07, 6.45) is 47.9. The third kappa shape index (κ3) is 43.5. The number of hydrogen-bond acceptors (Lipinski definition) is 6. The molecule has 0 amide bonds. The van der Waals surface area contributed by atoms with Crippen LogP contribution in [0.4, 0.5) is 0 Å². The molecule has 6 nitrogen and oxygen atoms in total. The Labute approximate surface area is 348 Å².